The SMILES string of the molecule is CCOc1ccc(N([C@@H](CC)C(=O)Nc2cc(Cl)ccc2Cl)S(C)(=O)=O)cc1. The van der Waals surface area contributed by atoms with Gasteiger partial charge in [0.1, 0.15) is 11.8 Å². The van der Waals surface area contributed by atoms with Crippen molar-refractivity contribution in [2.24, 2.45) is 0 Å². The zero-order chi connectivity index (χ0) is 20.9. The third-order valence-electron chi connectivity index (χ3n) is 3.92. The van der Waals surface area contributed by atoms with Gasteiger partial charge >= 0.3 is 0 Å². The minimum atomic E-state index is -3.74. The molecular weight excluding hydrogens is 423 g/mol. The second-order valence-corrected chi connectivity index (χ2v) is 8.73. The van der Waals surface area contributed by atoms with E-state index >= 15 is 0 Å². The van der Waals surface area contributed by atoms with E-state index in [-0.39, 0.29) is 6.42 Å². The van der Waals surface area contributed by atoms with Crippen LogP contribution in [-0.2, 0) is 14.8 Å². The molecule has 1 N–H and O–H groups in total. The second-order valence-electron chi connectivity index (χ2n) is 6.02. The Morgan fingerprint density at radius 2 is 1.79 bits per heavy atom. The van der Waals surface area contributed by atoms with Gasteiger partial charge < -0.3 is 10.1 Å². The average molecular weight is 445 g/mol. The molecule has 0 spiro atoms. The van der Waals surface area contributed by atoms with Crippen molar-refractivity contribution in [1.29, 1.82) is 0 Å². The molecule has 9 heteroatoms. The number of hydrogen-bond donors (Lipinski definition) is 1. The normalized spacial score (nSPS) is 12.3. The maximum absolute atomic E-state index is 12.9. The van der Waals surface area contributed by atoms with Gasteiger partial charge in [-0.25, -0.2) is 8.42 Å². The number of nitrogens with one attached hydrogen (secondary N) is 1. The van der Waals surface area contributed by atoms with Crippen molar-refractivity contribution >= 4 is 50.5 Å². The summed E-state index contributed by atoms with van der Waals surface area (Å²) in [4.78, 5) is 12.9. The van der Waals surface area contributed by atoms with Gasteiger partial charge in [-0.3, -0.25) is 9.10 Å². The molecule has 0 aliphatic rings. The number of carbonyl (C=O) groups is 1. The van der Waals surface area contributed by atoms with E-state index in [0.29, 0.717) is 33.8 Å². The number of carbonyl (C=O) groups excluding carboxylic acids is 1. The van der Waals surface area contributed by atoms with Crippen molar-refractivity contribution in [2.45, 2.75) is 26.3 Å². The Morgan fingerprint density at radius 1 is 1.14 bits per heavy atom. The van der Waals surface area contributed by atoms with E-state index in [4.69, 9.17) is 27.9 Å². The molecule has 0 aliphatic heterocycles. The van der Waals surface area contributed by atoms with E-state index in [1.807, 2.05) is 6.92 Å². The summed E-state index contributed by atoms with van der Waals surface area (Å²) >= 11 is 12.1. The number of anilines is 2. The van der Waals surface area contributed by atoms with Crippen molar-refractivity contribution in [3.63, 3.8) is 0 Å². The summed E-state index contributed by atoms with van der Waals surface area (Å²) < 4.78 is 31.5. The summed E-state index contributed by atoms with van der Waals surface area (Å²) in [6.45, 7) is 4.08. The van der Waals surface area contributed by atoms with E-state index in [1.54, 1.807) is 43.3 Å². The Balaban J connectivity index is 2.37. The molecule has 0 saturated heterocycles. The molecule has 0 unspecified atom stereocenters. The fourth-order valence-electron chi connectivity index (χ4n) is 2.73. The second kappa shape index (κ2) is 9.49. The minimum absolute atomic E-state index is 0.254. The standard InChI is InChI=1S/C19H22Cl2N2O4S/c1-4-18(19(24)22-17-12-13(20)6-11-16(17)21)23(28(3,25)26)14-7-9-15(10-8-14)27-5-2/h6-12,18H,4-5H2,1-3H3,(H,22,24)/t18-/m0/s1. The highest BCUT2D eigenvalue weighted by Gasteiger charge is 2.31. The molecule has 152 valence electrons. The predicted octanol–water partition coefficient (Wildman–Crippen LogP) is 4.58. The van der Waals surface area contributed by atoms with Gasteiger partial charge in [0.25, 0.3) is 0 Å². The highest BCUT2D eigenvalue weighted by molar-refractivity contribution is 7.92. The quantitative estimate of drug-likeness (QED) is 0.646. The lowest BCUT2D eigenvalue weighted by Crippen LogP contribution is -2.47. The monoisotopic (exact) mass is 444 g/mol. The van der Waals surface area contributed by atoms with Crippen molar-refractivity contribution in [1.82, 2.24) is 0 Å². The number of ether oxygens (including phenoxy) is 1. The van der Waals surface area contributed by atoms with Gasteiger partial charge in [-0.1, -0.05) is 30.1 Å². The van der Waals surface area contributed by atoms with Gasteiger partial charge in [0.15, 0.2) is 0 Å². The Hall–Kier alpha value is -1.96. The molecular formula is C19H22Cl2N2O4S. The first-order chi connectivity index (χ1) is 13.2. The van der Waals surface area contributed by atoms with Crippen molar-refractivity contribution in [2.75, 3.05) is 22.5 Å². The molecule has 2 aromatic rings. The number of halogens is 2. The summed E-state index contributed by atoms with van der Waals surface area (Å²) in [7, 11) is -3.74. The van der Waals surface area contributed by atoms with Gasteiger partial charge in [-0.2, -0.15) is 0 Å². The highest BCUT2D eigenvalue weighted by Crippen LogP contribution is 2.28. The first-order valence-corrected chi connectivity index (χ1v) is 11.3. The molecule has 0 aromatic heterocycles. The predicted molar refractivity (Wildman–Crippen MR) is 114 cm³/mol. The molecule has 0 fully saturated rings. The van der Waals surface area contributed by atoms with Crippen LogP contribution in [0.3, 0.4) is 0 Å². The van der Waals surface area contributed by atoms with Crippen LogP contribution in [0.15, 0.2) is 42.5 Å². The molecule has 6 nitrogen and oxygen atoms in total. The first-order valence-electron chi connectivity index (χ1n) is 8.65. The number of amides is 1. The van der Waals surface area contributed by atoms with Gasteiger partial charge in [-0.15, -0.1) is 0 Å². The van der Waals surface area contributed by atoms with E-state index in [0.717, 1.165) is 10.6 Å². The molecule has 1 amide bonds. The number of nitrogens with zero attached hydrogens (tertiary/aromatic N) is 1. The topological polar surface area (TPSA) is 75.7 Å². The summed E-state index contributed by atoms with van der Waals surface area (Å²) in [5.41, 5.74) is 0.683. The lowest BCUT2D eigenvalue weighted by atomic mass is 10.1. The Labute approximate surface area is 175 Å². The fraction of sp³-hybridized carbons (Fsp3) is 0.316. The first kappa shape index (κ1) is 22.3. The van der Waals surface area contributed by atoms with E-state index in [9.17, 15) is 13.2 Å². The zero-order valence-corrected chi connectivity index (χ0v) is 18.1. The Kier molecular flexibility index (Phi) is 7.57. The van der Waals surface area contributed by atoms with Crippen LogP contribution in [-0.4, -0.2) is 33.2 Å². The van der Waals surface area contributed by atoms with Gasteiger partial charge in [0.2, 0.25) is 15.9 Å². The maximum atomic E-state index is 12.9. The van der Waals surface area contributed by atoms with Crippen molar-refractivity contribution in [3.05, 3.63) is 52.5 Å². The smallest absolute Gasteiger partial charge is 0.248 e. The molecule has 28 heavy (non-hydrogen) atoms. The van der Waals surface area contributed by atoms with Crippen LogP contribution in [0.5, 0.6) is 5.75 Å². The third kappa shape index (κ3) is 5.53. The van der Waals surface area contributed by atoms with E-state index in [2.05, 4.69) is 5.32 Å². The van der Waals surface area contributed by atoms with Crippen LogP contribution < -0.4 is 14.4 Å². The average Bonchev–Trinajstić information content (AvgIpc) is 2.62. The van der Waals surface area contributed by atoms with Crippen molar-refractivity contribution < 1.29 is 17.9 Å². The number of rotatable bonds is 8. The molecule has 2 rings (SSSR count). The molecule has 0 aliphatic carbocycles. The maximum Gasteiger partial charge on any atom is 0.248 e. The van der Waals surface area contributed by atoms with E-state index in [1.165, 1.54) is 6.07 Å². The number of sulfonamides is 1. The highest BCUT2D eigenvalue weighted by atomic mass is 35.5. The van der Waals surface area contributed by atoms with Crippen LogP contribution in [0.2, 0.25) is 10.0 Å². The molecule has 0 saturated carbocycles. The third-order valence-corrected chi connectivity index (χ3v) is 5.66. The molecule has 0 heterocycles. The lowest BCUT2D eigenvalue weighted by Gasteiger charge is -2.30. The van der Waals surface area contributed by atoms with Crippen LogP contribution in [0.4, 0.5) is 11.4 Å². The summed E-state index contributed by atoms with van der Waals surface area (Å²) in [5, 5.41) is 3.38. The zero-order valence-electron chi connectivity index (χ0n) is 15.8. The summed E-state index contributed by atoms with van der Waals surface area (Å²) in [5.74, 6) is 0.105. The molecule has 0 radical (unpaired) electrons. The van der Waals surface area contributed by atoms with Gasteiger partial charge in [0, 0.05) is 5.02 Å². The summed E-state index contributed by atoms with van der Waals surface area (Å²) in [6, 6.07) is 10.2. The number of hydrogen-bond acceptors (Lipinski definition) is 4. The van der Waals surface area contributed by atoms with E-state index < -0.39 is 22.0 Å². The Bertz CT molecular complexity index is 933. The van der Waals surface area contributed by atoms with Crippen LogP contribution in [0.25, 0.3) is 0 Å². The summed E-state index contributed by atoms with van der Waals surface area (Å²) in [6.07, 6.45) is 1.32. The lowest BCUT2D eigenvalue weighted by molar-refractivity contribution is -0.117. The molecule has 0 bridgehead atoms. The van der Waals surface area contributed by atoms with Crippen LogP contribution in [0.1, 0.15) is 20.3 Å². The Morgan fingerprint density at radius 3 is 2.32 bits per heavy atom. The minimum Gasteiger partial charge on any atom is -0.494 e. The van der Waals surface area contributed by atoms with Crippen LogP contribution >= 0.6 is 23.2 Å². The largest absolute Gasteiger partial charge is 0.494 e. The van der Waals surface area contributed by atoms with Crippen LogP contribution in [0, 0.1) is 0 Å². The van der Waals surface area contributed by atoms with Gasteiger partial charge in [-0.05, 0) is 55.8 Å². The molecule has 2 aromatic carbocycles. The van der Waals surface area contributed by atoms with Crippen molar-refractivity contribution in [3.8, 4) is 5.75 Å². The molecule has 1 atom stereocenters. The fourth-order valence-corrected chi connectivity index (χ4v) is 4.27. The van der Waals surface area contributed by atoms with Gasteiger partial charge in [0.05, 0.1) is 29.3 Å². The number of benzene rings is 2.